The zero-order valence-corrected chi connectivity index (χ0v) is 12.5. The lowest BCUT2D eigenvalue weighted by Crippen LogP contribution is -2.15. The Morgan fingerprint density at radius 3 is 2.63 bits per heavy atom. The summed E-state index contributed by atoms with van der Waals surface area (Å²) >= 11 is 5.16. The molecule has 0 unspecified atom stereocenters. The number of aryl methyl sites for hydroxylation is 1. The van der Waals surface area contributed by atoms with E-state index in [0.717, 1.165) is 0 Å². The zero-order chi connectivity index (χ0) is 14.6. The van der Waals surface area contributed by atoms with Gasteiger partial charge in [-0.25, -0.2) is 4.79 Å². The number of H-pyrrole nitrogens is 1. The number of nitrogens with zero attached hydrogens (tertiary/aromatic N) is 1. The molecule has 0 aliphatic carbocycles. The van der Waals surface area contributed by atoms with Crippen molar-refractivity contribution in [1.82, 2.24) is 4.98 Å². The van der Waals surface area contributed by atoms with Gasteiger partial charge in [-0.05, 0) is 31.7 Å². The van der Waals surface area contributed by atoms with Crippen molar-refractivity contribution in [3.8, 4) is 6.07 Å². The second kappa shape index (κ2) is 6.48. The van der Waals surface area contributed by atoms with Gasteiger partial charge in [-0.3, -0.25) is 0 Å². The summed E-state index contributed by atoms with van der Waals surface area (Å²) in [5.74, 6) is -0.0881. The number of hydrogen-bond donors (Lipinski definition) is 1. The number of hydrogen-bond acceptors (Lipinski definition) is 4. The molecule has 0 saturated heterocycles. The fraction of sp³-hybridized carbons (Fsp3) is 0.500. The monoisotopic (exact) mass is 278 g/mol. The van der Waals surface area contributed by atoms with Crippen LogP contribution in [0.5, 0.6) is 0 Å². The van der Waals surface area contributed by atoms with E-state index in [4.69, 9.17) is 17.0 Å². The largest absolute Gasteiger partial charge is 0.462 e. The third-order valence-corrected chi connectivity index (χ3v) is 3.02. The quantitative estimate of drug-likeness (QED) is 0.678. The summed E-state index contributed by atoms with van der Waals surface area (Å²) in [6, 6.07) is 2.09. The van der Waals surface area contributed by atoms with E-state index in [1.807, 2.05) is 13.8 Å². The number of carbonyl (C=O) groups is 1. The molecule has 1 N–H and O–H groups in total. The van der Waals surface area contributed by atoms with Gasteiger partial charge in [-0.1, -0.05) is 26.1 Å². The van der Waals surface area contributed by atoms with Crippen molar-refractivity contribution in [3.05, 3.63) is 27.0 Å². The predicted molar refractivity (Wildman–Crippen MR) is 75.6 cm³/mol. The number of aromatic amines is 1. The molecule has 0 radical (unpaired) electrons. The molecule has 0 aliphatic heterocycles. The molecule has 0 atom stereocenters. The molecule has 0 saturated carbocycles. The van der Waals surface area contributed by atoms with Crippen LogP contribution in [0.2, 0.25) is 0 Å². The third-order valence-electron chi connectivity index (χ3n) is 2.71. The summed E-state index contributed by atoms with van der Waals surface area (Å²) in [7, 11) is 0. The second-order valence-electron chi connectivity index (χ2n) is 4.74. The molecule has 0 aromatic carbocycles. The smallest absolute Gasteiger partial charge is 0.340 e. The Balaban J connectivity index is 3.55. The van der Waals surface area contributed by atoms with Crippen molar-refractivity contribution in [2.75, 3.05) is 6.61 Å². The molecule has 102 valence electrons. The van der Waals surface area contributed by atoms with Crippen LogP contribution < -0.4 is 0 Å². The third kappa shape index (κ3) is 3.42. The predicted octanol–water partition coefficient (Wildman–Crippen LogP) is 3.30. The summed E-state index contributed by atoms with van der Waals surface area (Å²) in [6.45, 7) is 7.89. The first-order valence-corrected chi connectivity index (χ1v) is 6.66. The van der Waals surface area contributed by atoms with Crippen LogP contribution in [0.1, 0.15) is 48.0 Å². The molecule has 1 aromatic rings. The van der Waals surface area contributed by atoms with Gasteiger partial charge in [0, 0.05) is 5.69 Å². The molecular weight excluding hydrogens is 260 g/mol. The van der Waals surface area contributed by atoms with Crippen LogP contribution in [0.3, 0.4) is 0 Å². The summed E-state index contributed by atoms with van der Waals surface area (Å²) in [6.07, 6.45) is 0.621. The maximum atomic E-state index is 12.1. The number of aromatic nitrogens is 1. The lowest BCUT2D eigenvalue weighted by molar-refractivity contribution is 0.0523. The number of rotatable bonds is 4. The van der Waals surface area contributed by atoms with E-state index >= 15 is 0 Å². The van der Waals surface area contributed by atoms with Crippen LogP contribution >= 0.6 is 12.2 Å². The minimum Gasteiger partial charge on any atom is -0.462 e. The van der Waals surface area contributed by atoms with Crippen molar-refractivity contribution in [1.29, 1.82) is 5.26 Å². The molecule has 0 spiro atoms. The molecule has 4 nitrogen and oxygen atoms in total. The van der Waals surface area contributed by atoms with Crippen molar-refractivity contribution in [2.45, 2.75) is 34.1 Å². The van der Waals surface area contributed by atoms with Crippen LogP contribution in [0.4, 0.5) is 0 Å². The molecule has 5 heteroatoms. The molecule has 1 rings (SSSR count). The van der Waals surface area contributed by atoms with Gasteiger partial charge < -0.3 is 9.72 Å². The average Bonchev–Trinajstić information content (AvgIpc) is 2.28. The highest BCUT2D eigenvalue weighted by Gasteiger charge is 2.21. The maximum absolute atomic E-state index is 12.1. The number of esters is 1. The number of pyridine rings is 1. The molecule has 0 fully saturated rings. The van der Waals surface area contributed by atoms with E-state index in [9.17, 15) is 10.1 Å². The normalized spacial score (nSPS) is 10.3. The first-order chi connectivity index (χ1) is 8.92. The highest BCUT2D eigenvalue weighted by atomic mass is 32.1. The Labute approximate surface area is 118 Å². The van der Waals surface area contributed by atoms with Gasteiger partial charge in [0.05, 0.1) is 17.7 Å². The summed E-state index contributed by atoms with van der Waals surface area (Å²) in [4.78, 5) is 15.0. The van der Waals surface area contributed by atoms with Crippen molar-refractivity contribution >= 4 is 18.2 Å². The lowest BCUT2D eigenvalue weighted by atomic mass is 9.94. The van der Waals surface area contributed by atoms with E-state index in [2.05, 4.69) is 11.1 Å². The van der Waals surface area contributed by atoms with Crippen LogP contribution in [0, 0.1) is 28.8 Å². The van der Waals surface area contributed by atoms with Gasteiger partial charge in [-0.15, -0.1) is 0 Å². The zero-order valence-electron chi connectivity index (χ0n) is 11.7. The number of nitrogens with one attached hydrogen (secondary N) is 1. The van der Waals surface area contributed by atoms with E-state index in [1.165, 1.54) is 0 Å². The standard InChI is InChI=1S/C14H18N2O2S/c1-5-18-14(17)12-9(4)16-13(19)11(7-15)10(12)6-8(2)3/h8H,5-6H2,1-4H3,(H,16,19). The van der Waals surface area contributed by atoms with Crippen LogP contribution in [-0.2, 0) is 11.2 Å². The van der Waals surface area contributed by atoms with E-state index in [0.29, 0.717) is 46.0 Å². The van der Waals surface area contributed by atoms with Crippen LogP contribution in [0.25, 0.3) is 0 Å². The van der Waals surface area contributed by atoms with E-state index < -0.39 is 5.97 Å². The molecular formula is C14H18N2O2S. The van der Waals surface area contributed by atoms with Gasteiger partial charge in [-0.2, -0.15) is 5.26 Å². The Kier molecular flexibility index (Phi) is 5.25. The number of nitriles is 1. The Morgan fingerprint density at radius 1 is 1.53 bits per heavy atom. The lowest BCUT2D eigenvalue weighted by Gasteiger charge is -2.15. The van der Waals surface area contributed by atoms with Crippen molar-refractivity contribution in [3.63, 3.8) is 0 Å². The van der Waals surface area contributed by atoms with Gasteiger partial charge in [0.25, 0.3) is 0 Å². The van der Waals surface area contributed by atoms with Crippen LogP contribution in [0.15, 0.2) is 0 Å². The van der Waals surface area contributed by atoms with E-state index in [1.54, 1.807) is 13.8 Å². The molecule has 1 aromatic heterocycles. The molecule has 1 heterocycles. The van der Waals surface area contributed by atoms with Gasteiger partial charge in [0.15, 0.2) is 0 Å². The Morgan fingerprint density at radius 2 is 2.16 bits per heavy atom. The molecule has 0 amide bonds. The molecule has 0 aliphatic rings. The minimum atomic E-state index is -0.404. The Hall–Kier alpha value is -1.67. The first kappa shape index (κ1) is 15.4. The van der Waals surface area contributed by atoms with Crippen molar-refractivity contribution in [2.24, 2.45) is 5.92 Å². The fourth-order valence-electron chi connectivity index (χ4n) is 1.99. The molecule has 19 heavy (non-hydrogen) atoms. The molecule has 0 bridgehead atoms. The summed E-state index contributed by atoms with van der Waals surface area (Å²) < 4.78 is 5.45. The summed E-state index contributed by atoms with van der Waals surface area (Å²) in [5, 5.41) is 9.25. The second-order valence-corrected chi connectivity index (χ2v) is 5.15. The van der Waals surface area contributed by atoms with Gasteiger partial charge >= 0.3 is 5.97 Å². The first-order valence-electron chi connectivity index (χ1n) is 6.25. The summed E-state index contributed by atoms with van der Waals surface area (Å²) in [5.41, 5.74) is 2.16. The highest BCUT2D eigenvalue weighted by molar-refractivity contribution is 7.71. The number of ether oxygens (including phenoxy) is 1. The number of carbonyl (C=O) groups excluding carboxylic acids is 1. The topological polar surface area (TPSA) is 65.9 Å². The van der Waals surface area contributed by atoms with Crippen LogP contribution in [-0.4, -0.2) is 17.6 Å². The fourth-order valence-corrected chi connectivity index (χ4v) is 2.32. The SMILES string of the molecule is CCOC(=O)c1c(C)[nH]c(=S)c(C#N)c1CC(C)C. The van der Waals surface area contributed by atoms with Gasteiger partial charge in [0.1, 0.15) is 10.7 Å². The van der Waals surface area contributed by atoms with E-state index in [-0.39, 0.29) is 0 Å². The maximum Gasteiger partial charge on any atom is 0.340 e. The Bertz CT molecular complexity index is 582. The van der Waals surface area contributed by atoms with Crippen molar-refractivity contribution < 1.29 is 9.53 Å². The minimum absolute atomic E-state index is 0.302. The van der Waals surface area contributed by atoms with Gasteiger partial charge in [0.2, 0.25) is 0 Å². The highest BCUT2D eigenvalue weighted by Crippen LogP contribution is 2.22. The average molecular weight is 278 g/mol.